The molecule has 6 amide bonds. The molecule has 2 saturated heterocycles. The van der Waals surface area contributed by atoms with Gasteiger partial charge in [0.05, 0.1) is 11.1 Å². The van der Waals surface area contributed by atoms with Crippen molar-refractivity contribution in [3.63, 3.8) is 0 Å². The zero-order valence-electron chi connectivity index (χ0n) is 34.7. The highest BCUT2D eigenvalue weighted by Gasteiger charge is 2.72. The molecule has 4 fully saturated rings. The second-order valence-corrected chi connectivity index (χ2v) is 18.7. The van der Waals surface area contributed by atoms with Gasteiger partial charge in [0.1, 0.15) is 17.3 Å². The normalized spacial score (nSPS) is 27.0. The third-order valence-electron chi connectivity index (χ3n) is 14.3. The molecule has 2 aliphatic carbocycles. The standard InChI is InChI=1S/C48H49Cl2FN6O6/c49-28-15-20-34-36(25-28)54-46(63)48(34)40(32-12-8-13-35(50)41(32)51)42(56-47(48)23-5-2-6-24-47)44(61)53-30-18-16-29(17-19-30)52-38(58)14-4-1-3-9-27-10-7-11-31-33(27)26-57(45(31)62)37-21-22-39(59)55-43(37)60/h7-8,10-13,15,20,25,29-30,37,40,42,56H,1-2,4-6,14,16-19,21-24,26H2,(H,52,58)(H,53,61)(H,54,63)(H,55,59,60)/t29-,30-,37?,40-,42+,48+/m0/s1. The summed E-state index contributed by atoms with van der Waals surface area (Å²) in [6.45, 7) is 0.242. The van der Waals surface area contributed by atoms with Crippen LogP contribution in [0.1, 0.15) is 128 Å². The zero-order valence-corrected chi connectivity index (χ0v) is 36.2. The van der Waals surface area contributed by atoms with Crippen molar-refractivity contribution >= 4 is 64.3 Å². The maximum Gasteiger partial charge on any atom is 0.255 e. The number of anilines is 1. The maximum absolute atomic E-state index is 16.3. The summed E-state index contributed by atoms with van der Waals surface area (Å²) in [7, 11) is 0. The number of carbonyl (C=O) groups excluding carboxylic acids is 6. The maximum atomic E-state index is 16.3. The van der Waals surface area contributed by atoms with E-state index in [1.165, 1.54) is 11.0 Å². The van der Waals surface area contributed by atoms with E-state index in [4.69, 9.17) is 23.2 Å². The van der Waals surface area contributed by atoms with Crippen LogP contribution in [0.15, 0.2) is 54.6 Å². The number of benzene rings is 3. The summed E-state index contributed by atoms with van der Waals surface area (Å²) in [5, 5.41) is 15.9. The number of hydrogen-bond acceptors (Lipinski definition) is 7. The molecule has 4 heterocycles. The van der Waals surface area contributed by atoms with Crippen molar-refractivity contribution in [1.82, 2.24) is 26.2 Å². The summed E-state index contributed by atoms with van der Waals surface area (Å²) in [6, 6.07) is 13.5. The third-order valence-corrected chi connectivity index (χ3v) is 14.8. The van der Waals surface area contributed by atoms with Gasteiger partial charge >= 0.3 is 0 Å². The van der Waals surface area contributed by atoms with Crippen molar-refractivity contribution in [1.29, 1.82) is 0 Å². The number of carbonyl (C=O) groups is 6. The first kappa shape index (κ1) is 43.0. The molecular formula is C48H49Cl2FN6O6. The van der Waals surface area contributed by atoms with E-state index >= 15 is 4.39 Å². The molecule has 4 aliphatic heterocycles. The molecule has 3 aromatic rings. The summed E-state index contributed by atoms with van der Waals surface area (Å²) in [5.41, 5.74) is 1.31. The van der Waals surface area contributed by atoms with Crippen LogP contribution in [0.5, 0.6) is 0 Å². The highest BCUT2D eigenvalue weighted by molar-refractivity contribution is 6.31. The van der Waals surface area contributed by atoms with Crippen LogP contribution < -0.4 is 26.6 Å². The van der Waals surface area contributed by atoms with Gasteiger partial charge in [-0.05, 0) is 98.4 Å². The molecule has 6 aliphatic rings. The molecular weight excluding hydrogens is 846 g/mol. The second-order valence-electron chi connectivity index (χ2n) is 17.8. The lowest BCUT2D eigenvalue weighted by Crippen LogP contribution is -2.60. The number of amides is 6. The zero-order chi connectivity index (χ0) is 44.0. The lowest BCUT2D eigenvalue weighted by molar-refractivity contribution is -0.137. The van der Waals surface area contributed by atoms with Crippen molar-refractivity contribution in [2.45, 2.75) is 137 Å². The Labute approximate surface area is 375 Å². The Balaban J connectivity index is 0.814. The van der Waals surface area contributed by atoms with Gasteiger partial charge in [0.25, 0.3) is 5.91 Å². The Hall–Kier alpha value is -5.29. The summed E-state index contributed by atoms with van der Waals surface area (Å²) < 4.78 is 16.3. The Kier molecular flexibility index (Phi) is 11.8. The molecule has 15 heteroatoms. The topological polar surface area (TPSA) is 166 Å². The summed E-state index contributed by atoms with van der Waals surface area (Å²) in [5.74, 6) is 3.04. The SMILES string of the molecule is O=C1CCC(N2Cc3c(C#CCCCC(=O)N[C@H]4CC[C@H](NC(=O)[C@@H]5NC6(CCCCC6)[C@@]6(C(=O)Nc7cc(Cl)ccc76)[C@H]5c5cccc(Cl)c5F)CC4)cccc3C2=O)C(=O)N1. The Morgan fingerprint density at radius 1 is 0.889 bits per heavy atom. The number of nitrogens with one attached hydrogen (secondary N) is 5. The highest BCUT2D eigenvalue weighted by Crippen LogP contribution is 2.62. The van der Waals surface area contributed by atoms with Crippen LogP contribution in [0, 0.1) is 17.7 Å². The first-order valence-electron chi connectivity index (χ1n) is 22.1. The lowest BCUT2D eigenvalue weighted by atomic mass is 9.55. The van der Waals surface area contributed by atoms with Gasteiger partial charge in [-0.15, -0.1) is 0 Å². The van der Waals surface area contributed by atoms with Crippen molar-refractivity contribution in [3.8, 4) is 11.8 Å². The van der Waals surface area contributed by atoms with Gasteiger partial charge in [-0.3, -0.25) is 39.4 Å². The van der Waals surface area contributed by atoms with E-state index in [1.54, 1.807) is 36.4 Å². The molecule has 0 bridgehead atoms. The van der Waals surface area contributed by atoms with E-state index in [-0.39, 0.29) is 71.6 Å². The van der Waals surface area contributed by atoms with Gasteiger partial charge < -0.3 is 20.9 Å². The Bertz CT molecular complexity index is 2470. The van der Waals surface area contributed by atoms with Gasteiger partial charge in [-0.25, -0.2) is 4.39 Å². The van der Waals surface area contributed by atoms with Crippen molar-refractivity contribution in [2.24, 2.45) is 0 Å². The average Bonchev–Trinajstić information content (AvgIpc) is 3.86. The molecule has 3 aromatic carbocycles. The largest absolute Gasteiger partial charge is 0.353 e. The fraction of sp³-hybridized carbons (Fsp3) is 0.458. The molecule has 2 spiro atoms. The van der Waals surface area contributed by atoms with Crippen molar-refractivity contribution < 1.29 is 33.2 Å². The van der Waals surface area contributed by atoms with Gasteiger partial charge in [-0.1, -0.05) is 78.6 Å². The minimum Gasteiger partial charge on any atom is -0.353 e. The fourth-order valence-electron chi connectivity index (χ4n) is 11.4. The first-order chi connectivity index (χ1) is 30.4. The fourth-order valence-corrected chi connectivity index (χ4v) is 11.7. The second kappa shape index (κ2) is 17.4. The van der Waals surface area contributed by atoms with Crippen LogP contribution in [0.25, 0.3) is 0 Å². The molecule has 5 N–H and O–H groups in total. The van der Waals surface area contributed by atoms with Gasteiger partial charge in [0.2, 0.25) is 29.5 Å². The molecule has 1 unspecified atom stereocenters. The summed E-state index contributed by atoms with van der Waals surface area (Å²) in [6.07, 6.45) is 8.32. The number of imide groups is 1. The lowest BCUT2D eigenvalue weighted by Gasteiger charge is -2.47. The van der Waals surface area contributed by atoms with Gasteiger partial charge in [0, 0.05) is 71.2 Å². The van der Waals surface area contributed by atoms with Crippen LogP contribution in [0.4, 0.5) is 10.1 Å². The number of rotatable bonds is 8. The molecule has 12 nitrogen and oxygen atoms in total. The number of hydrogen-bond donors (Lipinski definition) is 5. The van der Waals surface area contributed by atoms with E-state index in [9.17, 15) is 28.8 Å². The van der Waals surface area contributed by atoms with Crippen LogP contribution in [0.2, 0.25) is 10.0 Å². The van der Waals surface area contributed by atoms with Crippen LogP contribution in [0.3, 0.4) is 0 Å². The first-order valence-corrected chi connectivity index (χ1v) is 22.8. The van der Waals surface area contributed by atoms with E-state index < -0.39 is 40.7 Å². The van der Waals surface area contributed by atoms with Crippen molar-refractivity contribution in [3.05, 3.63) is 98.3 Å². The number of unbranched alkanes of at least 4 members (excludes halogenated alkanes) is 1. The minimum absolute atomic E-state index is 0.0503. The number of piperidine rings is 1. The summed E-state index contributed by atoms with van der Waals surface area (Å²) >= 11 is 12.8. The highest BCUT2D eigenvalue weighted by atomic mass is 35.5. The third kappa shape index (κ3) is 7.68. The summed E-state index contributed by atoms with van der Waals surface area (Å²) in [4.78, 5) is 81.0. The van der Waals surface area contributed by atoms with Crippen LogP contribution in [-0.4, -0.2) is 70.0 Å². The molecule has 2 saturated carbocycles. The molecule has 63 heavy (non-hydrogen) atoms. The molecule has 328 valence electrons. The monoisotopic (exact) mass is 894 g/mol. The molecule has 0 aromatic heterocycles. The predicted octanol–water partition coefficient (Wildman–Crippen LogP) is 6.31. The molecule has 9 rings (SSSR count). The Morgan fingerprint density at radius 3 is 2.40 bits per heavy atom. The van der Waals surface area contributed by atoms with Crippen LogP contribution in [-0.2, 0) is 35.9 Å². The van der Waals surface area contributed by atoms with Crippen molar-refractivity contribution in [2.75, 3.05) is 5.32 Å². The minimum atomic E-state index is -1.31. The number of halogens is 3. The Morgan fingerprint density at radius 2 is 1.63 bits per heavy atom. The van der Waals surface area contributed by atoms with E-state index in [0.717, 1.165) is 24.8 Å². The van der Waals surface area contributed by atoms with E-state index in [1.807, 2.05) is 12.1 Å². The van der Waals surface area contributed by atoms with Crippen LogP contribution >= 0.6 is 23.2 Å². The van der Waals surface area contributed by atoms with Gasteiger partial charge in [0.15, 0.2) is 0 Å². The van der Waals surface area contributed by atoms with E-state index in [2.05, 4.69) is 38.4 Å². The number of fused-ring (bicyclic) bond motifs is 4. The average molecular weight is 896 g/mol. The molecule has 4 atom stereocenters. The molecule has 0 radical (unpaired) electrons. The van der Waals surface area contributed by atoms with Gasteiger partial charge in [-0.2, -0.15) is 0 Å². The quantitative estimate of drug-likeness (QED) is 0.101. The smallest absolute Gasteiger partial charge is 0.255 e. The van der Waals surface area contributed by atoms with E-state index in [0.29, 0.717) is 85.2 Å². The predicted molar refractivity (Wildman–Crippen MR) is 234 cm³/mol. The number of nitrogens with zero attached hydrogens (tertiary/aromatic N) is 1.